The van der Waals surface area contributed by atoms with Crippen molar-refractivity contribution in [3.05, 3.63) is 59.8 Å². The molecule has 0 radical (unpaired) electrons. The van der Waals surface area contributed by atoms with Crippen LogP contribution in [0.1, 0.15) is 24.0 Å². The van der Waals surface area contributed by atoms with Crippen LogP contribution in [-0.4, -0.2) is 34.4 Å². The van der Waals surface area contributed by atoms with Gasteiger partial charge in [-0.05, 0) is 6.07 Å². The number of hydrogen-bond acceptors (Lipinski definition) is 3. The van der Waals surface area contributed by atoms with E-state index in [1.807, 2.05) is 45.5 Å². The molecule has 0 atom stereocenters. The van der Waals surface area contributed by atoms with E-state index < -0.39 is 0 Å². The summed E-state index contributed by atoms with van der Waals surface area (Å²) >= 11 is 0. The number of hydrogen-bond donors (Lipinski definition) is 1. The Morgan fingerprint density at radius 1 is 1.33 bits per heavy atom. The van der Waals surface area contributed by atoms with Crippen LogP contribution >= 0.6 is 0 Å². The molecular formula is C19H23FN5O2+. The van der Waals surface area contributed by atoms with Gasteiger partial charge in [0.15, 0.2) is 12.0 Å². The molecule has 2 N–H and O–H groups in total. The van der Waals surface area contributed by atoms with Gasteiger partial charge in [0.25, 0.3) is 0 Å². The van der Waals surface area contributed by atoms with Gasteiger partial charge in [-0.2, -0.15) is 0 Å². The van der Waals surface area contributed by atoms with Crippen molar-refractivity contribution in [1.82, 2.24) is 9.20 Å². The van der Waals surface area contributed by atoms with Crippen LogP contribution in [0, 0.1) is 5.82 Å². The molecule has 0 amide bonds. The molecule has 0 bridgehead atoms. The fourth-order valence-electron chi connectivity index (χ4n) is 3.23. The number of halogens is 1. The molecule has 7 nitrogen and oxygen atoms in total. The molecule has 1 aliphatic rings. The summed E-state index contributed by atoms with van der Waals surface area (Å²) in [6, 6.07) is 6.90. The third kappa shape index (κ3) is 3.66. The average Bonchev–Trinajstić information content (AvgIpc) is 3.25. The summed E-state index contributed by atoms with van der Waals surface area (Å²) in [5.41, 5.74) is 8.04. The highest BCUT2D eigenvalue weighted by atomic mass is 19.1. The number of nitrogens with zero attached hydrogens (tertiary/aromatic N) is 4. The van der Waals surface area contributed by atoms with Crippen LogP contribution < -0.4 is 10.3 Å². The Morgan fingerprint density at radius 3 is 2.93 bits per heavy atom. The maximum absolute atomic E-state index is 14.6. The Bertz CT molecular complexity index is 972. The van der Waals surface area contributed by atoms with Crippen molar-refractivity contribution in [3.8, 4) is 0 Å². The molecule has 1 fully saturated rings. The Morgan fingerprint density at radius 2 is 2.15 bits per heavy atom. The number of ether oxygens (including phenoxy) is 1. The number of amidine groups is 1. The molecule has 27 heavy (non-hydrogen) atoms. The second-order valence-corrected chi connectivity index (χ2v) is 6.72. The first-order chi connectivity index (χ1) is 13.1. The van der Waals surface area contributed by atoms with E-state index in [-0.39, 0.29) is 17.8 Å². The second-order valence-electron chi connectivity index (χ2n) is 6.72. The molecule has 1 aliphatic heterocycles. The first-order valence-corrected chi connectivity index (χ1v) is 9.00. The van der Waals surface area contributed by atoms with E-state index in [4.69, 9.17) is 15.3 Å². The smallest absolute Gasteiger partial charge is 0.307 e. The van der Waals surface area contributed by atoms with Crippen molar-refractivity contribution in [3.63, 3.8) is 0 Å². The van der Waals surface area contributed by atoms with Gasteiger partial charge >= 0.3 is 5.65 Å². The minimum absolute atomic E-state index is 0.000872. The van der Waals surface area contributed by atoms with Crippen LogP contribution in [0.4, 0.5) is 4.39 Å². The average molecular weight is 372 g/mol. The summed E-state index contributed by atoms with van der Waals surface area (Å²) in [6.45, 7) is 1.76. The van der Waals surface area contributed by atoms with Crippen LogP contribution in [0.5, 0.6) is 0 Å². The molecule has 142 valence electrons. The van der Waals surface area contributed by atoms with Crippen LogP contribution in [0.2, 0.25) is 0 Å². The Balaban J connectivity index is 1.48. The van der Waals surface area contributed by atoms with Gasteiger partial charge in [0, 0.05) is 43.3 Å². The van der Waals surface area contributed by atoms with E-state index in [0.29, 0.717) is 30.9 Å². The zero-order valence-electron chi connectivity index (χ0n) is 15.2. The Labute approximate surface area is 156 Å². The molecule has 3 heterocycles. The van der Waals surface area contributed by atoms with Gasteiger partial charge in [0.05, 0.1) is 13.2 Å². The number of imidazole rings is 1. The van der Waals surface area contributed by atoms with Gasteiger partial charge in [0.1, 0.15) is 24.7 Å². The summed E-state index contributed by atoms with van der Waals surface area (Å²) in [6.07, 6.45) is 7.40. The molecular weight excluding hydrogens is 349 g/mol. The third-order valence-electron chi connectivity index (χ3n) is 4.85. The van der Waals surface area contributed by atoms with E-state index in [9.17, 15) is 4.39 Å². The summed E-state index contributed by atoms with van der Waals surface area (Å²) in [5.74, 6) is -0.145. The zero-order valence-corrected chi connectivity index (χ0v) is 15.2. The Hall–Kier alpha value is -2.87. The van der Waals surface area contributed by atoms with Crippen molar-refractivity contribution in [2.45, 2.75) is 25.5 Å². The van der Waals surface area contributed by atoms with E-state index in [1.165, 1.54) is 6.07 Å². The van der Waals surface area contributed by atoms with Gasteiger partial charge in [-0.1, -0.05) is 17.3 Å². The van der Waals surface area contributed by atoms with Crippen LogP contribution in [-0.2, 0) is 23.2 Å². The number of oxime groups is 1. The molecule has 3 aromatic rings. The van der Waals surface area contributed by atoms with Crippen molar-refractivity contribution in [2.75, 3.05) is 13.2 Å². The topological polar surface area (TPSA) is 70.1 Å². The molecule has 1 saturated heterocycles. The lowest BCUT2D eigenvalue weighted by Gasteiger charge is -2.20. The maximum atomic E-state index is 14.6. The number of rotatable bonds is 5. The fraction of sp³-hybridized carbons (Fsp3) is 0.368. The molecule has 1 aromatic carbocycles. The number of nitrogens with two attached hydrogens (primary N) is 1. The molecule has 0 unspecified atom stereocenters. The van der Waals surface area contributed by atoms with Crippen LogP contribution in [0.15, 0.2) is 48.0 Å². The lowest BCUT2D eigenvalue weighted by molar-refractivity contribution is -0.662. The van der Waals surface area contributed by atoms with E-state index in [2.05, 4.69) is 5.16 Å². The summed E-state index contributed by atoms with van der Waals surface area (Å²) in [7, 11) is 1.96. The zero-order chi connectivity index (χ0) is 18.8. The standard InChI is InChI=1S/C19H23FN5O2/c1-23-7-4-18-24(8-9-25(18)23)13-15-3-2-14(12-17(15)20)19(21)22-27-16-5-10-26-11-6-16/h2-4,7-9,12,16H,5-6,10-11,13H2,1H3,(H2,21,22)/q+1. The first-order valence-electron chi connectivity index (χ1n) is 9.00. The largest absolute Gasteiger partial charge is 0.391 e. The summed E-state index contributed by atoms with van der Waals surface area (Å²) in [4.78, 5) is 5.46. The van der Waals surface area contributed by atoms with Gasteiger partial charge in [0.2, 0.25) is 0 Å². The monoisotopic (exact) mass is 372 g/mol. The van der Waals surface area contributed by atoms with Crippen molar-refractivity contribution >= 4 is 11.5 Å². The van der Waals surface area contributed by atoms with Crippen molar-refractivity contribution in [1.29, 1.82) is 0 Å². The lowest BCUT2D eigenvalue weighted by Crippen LogP contribution is -2.33. The van der Waals surface area contributed by atoms with Crippen LogP contribution in [0.3, 0.4) is 0 Å². The highest BCUT2D eigenvalue weighted by Gasteiger charge is 2.17. The quantitative estimate of drug-likeness (QED) is 0.320. The van der Waals surface area contributed by atoms with Gasteiger partial charge in [-0.3, -0.25) is 0 Å². The molecule has 2 aromatic heterocycles. The molecule has 0 spiro atoms. The first kappa shape index (κ1) is 17.5. The SMILES string of the molecule is Cn1ccc2n1cc[n+]2Cc1ccc(C(N)=NOC2CCOCC2)cc1F. The van der Waals surface area contributed by atoms with Crippen molar-refractivity contribution in [2.24, 2.45) is 17.9 Å². The molecule has 0 aliphatic carbocycles. The lowest BCUT2D eigenvalue weighted by atomic mass is 10.1. The van der Waals surface area contributed by atoms with Crippen molar-refractivity contribution < 1.29 is 18.5 Å². The molecule has 4 rings (SSSR count). The maximum Gasteiger partial charge on any atom is 0.307 e. The highest BCUT2D eigenvalue weighted by Crippen LogP contribution is 2.14. The predicted octanol–water partition coefficient (Wildman–Crippen LogP) is 1.57. The van der Waals surface area contributed by atoms with E-state index in [1.54, 1.807) is 12.1 Å². The minimum atomic E-state index is -0.320. The van der Waals surface area contributed by atoms with E-state index in [0.717, 1.165) is 18.5 Å². The predicted molar refractivity (Wildman–Crippen MR) is 97.7 cm³/mol. The highest BCUT2D eigenvalue weighted by molar-refractivity contribution is 5.97. The number of fused-ring (bicyclic) bond motifs is 1. The van der Waals surface area contributed by atoms with Crippen LogP contribution in [0.25, 0.3) is 5.65 Å². The number of aryl methyl sites for hydroxylation is 1. The molecule has 8 heteroatoms. The summed E-state index contributed by atoms with van der Waals surface area (Å²) in [5, 5.41) is 3.97. The second kappa shape index (κ2) is 7.40. The molecule has 0 saturated carbocycles. The van der Waals surface area contributed by atoms with Gasteiger partial charge in [-0.15, -0.1) is 4.52 Å². The van der Waals surface area contributed by atoms with Gasteiger partial charge < -0.3 is 15.3 Å². The third-order valence-corrected chi connectivity index (χ3v) is 4.85. The number of benzene rings is 1. The Kier molecular flexibility index (Phi) is 4.81. The fourth-order valence-corrected chi connectivity index (χ4v) is 3.23. The minimum Gasteiger partial charge on any atom is -0.391 e. The van der Waals surface area contributed by atoms with E-state index >= 15 is 0 Å². The summed E-state index contributed by atoms with van der Waals surface area (Å²) < 4.78 is 25.8. The number of aromatic nitrogens is 3. The van der Waals surface area contributed by atoms with Gasteiger partial charge in [-0.25, -0.2) is 13.6 Å². The normalized spacial score (nSPS) is 16.1.